The third-order valence-electron chi connectivity index (χ3n) is 3.82. The van der Waals surface area contributed by atoms with E-state index in [2.05, 4.69) is 31.0 Å². The number of aliphatic hydroxyl groups is 1. The van der Waals surface area contributed by atoms with Crippen molar-refractivity contribution in [1.29, 1.82) is 0 Å². The maximum Gasteiger partial charge on any atom is 0.345 e. The highest BCUT2D eigenvalue weighted by atomic mass is 28.4. The van der Waals surface area contributed by atoms with Gasteiger partial charge in [-0.15, -0.1) is 0 Å². The van der Waals surface area contributed by atoms with Crippen molar-refractivity contribution in [2.24, 2.45) is 0 Å². The van der Waals surface area contributed by atoms with Gasteiger partial charge in [-0.2, -0.15) is 0 Å². The molecular weight excluding hydrogens is 300 g/mol. The van der Waals surface area contributed by atoms with E-state index in [1.165, 1.54) is 14.0 Å². The summed E-state index contributed by atoms with van der Waals surface area (Å²) in [6.45, 7) is 11.5. The van der Waals surface area contributed by atoms with Gasteiger partial charge < -0.3 is 19.0 Å². The predicted molar refractivity (Wildman–Crippen MR) is 88.0 cm³/mol. The van der Waals surface area contributed by atoms with E-state index in [1.807, 2.05) is 0 Å². The van der Waals surface area contributed by atoms with Crippen LogP contribution in [0.2, 0.25) is 19.6 Å². The molecule has 1 aliphatic rings. The van der Waals surface area contributed by atoms with Crippen LogP contribution in [-0.2, 0) is 18.7 Å². The Balaban J connectivity index is 2.81. The van der Waals surface area contributed by atoms with E-state index in [1.54, 1.807) is 0 Å². The third-order valence-corrected chi connectivity index (χ3v) is 4.83. The second-order valence-corrected chi connectivity index (χ2v) is 11.5. The SMILES string of the molecule is C=C(O[C@H]1CCCCC[C@@H]1O[Si](C)(C)C)[C@](C)(O)C(=O)OC. The number of hydrogen-bond donors (Lipinski definition) is 1. The molecule has 1 saturated carbocycles. The molecule has 0 aromatic heterocycles. The zero-order valence-corrected chi connectivity index (χ0v) is 15.5. The lowest BCUT2D eigenvalue weighted by molar-refractivity contribution is -0.162. The number of ether oxygens (including phenoxy) is 2. The van der Waals surface area contributed by atoms with Gasteiger partial charge in [0.25, 0.3) is 0 Å². The molecule has 3 atom stereocenters. The Kier molecular flexibility index (Phi) is 6.64. The number of carbonyl (C=O) groups excluding carboxylic acids is 1. The Morgan fingerprint density at radius 2 is 1.73 bits per heavy atom. The number of rotatable bonds is 6. The van der Waals surface area contributed by atoms with Crippen LogP contribution in [0.1, 0.15) is 39.0 Å². The molecule has 0 bridgehead atoms. The van der Waals surface area contributed by atoms with E-state index in [4.69, 9.17) is 9.16 Å². The second-order valence-electron chi connectivity index (χ2n) is 7.05. The van der Waals surface area contributed by atoms with Gasteiger partial charge in [-0.25, -0.2) is 4.79 Å². The molecule has 0 spiro atoms. The summed E-state index contributed by atoms with van der Waals surface area (Å²) in [7, 11) is -0.469. The molecular formula is C16H30O5Si. The van der Waals surface area contributed by atoms with Crippen LogP contribution in [0.15, 0.2) is 12.3 Å². The molecule has 0 unspecified atom stereocenters. The van der Waals surface area contributed by atoms with Crippen molar-refractivity contribution in [1.82, 2.24) is 0 Å². The van der Waals surface area contributed by atoms with Gasteiger partial charge in [0.2, 0.25) is 5.60 Å². The zero-order chi connectivity index (χ0) is 17.0. The van der Waals surface area contributed by atoms with Crippen molar-refractivity contribution in [3.8, 4) is 0 Å². The molecule has 0 amide bonds. The molecule has 128 valence electrons. The summed E-state index contributed by atoms with van der Waals surface area (Å²) < 4.78 is 16.7. The first-order chi connectivity index (χ1) is 10.1. The Bertz CT molecular complexity index is 400. The van der Waals surface area contributed by atoms with Crippen molar-refractivity contribution in [2.45, 2.75) is 76.5 Å². The molecule has 0 aromatic carbocycles. The Hall–Kier alpha value is -0.853. The van der Waals surface area contributed by atoms with Crippen molar-refractivity contribution in [3.05, 3.63) is 12.3 Å². The fraction of sp³-hybridized carbons (Fsp3) is 0.812. The van der Waals surface area contributed by atoms with Crippen molar-refractivity contribution >= 4 is 14.3 Å². The molecule has 0 radical (unpaired) electrons. The minimum Gasteiger partial charge on any atom is -0.489 e. The Labute approximate surface area is 134 Å². The Morgan fingerprint density at radius 1 is 1.18 bits per heavy atom. The van der Waals surface area contributed by atoms with Crippen LogP contribution in [0.3, 0.4) is 0 Å². The van der Waals surface area contributed by atoms with E-state index in [0.717, 1.165) is 32.1 Å². The lowest BCUT2D eigenvalue weighted by Gasteiger charge is -2.34. The van der Waals surface area contributed by atoms with Crippen molar-refractivity contribution in [3.63, 3.8) is 0 Å². The number of hydrogen-bond acceptors (Lipinski definition) is 5. The smallest absolute Gasteiger partial charge is 0.345 e. The quantitative estimate of drug-likeness (QED) is 0.351. The van der Waals surface area contributed by atoms with Crippen molar-refractivity contribution < 1.29 is 23.8 Å². The van der Waals surface area contributed by atoms with Crippen LogP contribution >= 0.6 is 0 Å². The molecule has 0 aromatic rings. The van der Waals surface area contributed by atoms with E-state index >= 15 is 0 Å². The molecule has 1 aliphatic carbocycles. The summed E-state index contributed by atoms with van der Waals surface area (Å²) in [6.07, 6.45) is 4.87. The minimum atomic E-state index is -1.84. The van der Waals surface area contributed by atoms with Gasteiger partial charge in [0.1, 0.15) is 11.9 Å². The van der Waals surface area contributed by atoms with Gasteiger partial charge in [-0.1, -0.05) is 19.4 Å². The van der Waals surface area contributed by atoms with Gasteiger partial charge in [0, 0.05) is 0 Å². The minimum absolute atomic E-state index is 0.0145. The van der Waals surface area contributed by atoms with Crippen LogP contribution in [0.4, 0.5) is 0 Å². The molecule has 1 fully saturated rings. The van der Waals surface area contributed by atoms with Gasteiger partial charge in [-0.3, -0.25) is 0 Å². The highest BCUT2D eigenvalue weighted by Gasteiger charge is 2.39. The van der Waals surface area contributed by atoms with Crippen molar-refractivity contribution in [2.75, 3.05) is 7.11 Å². The van der Waals surface area contributed by atoms with Crippen LogP contribution < -0.4 is 0 Å². The maximum atomic E-state index is 11.7. The van der Waals surface area contributed by atoms with E-state index < -0.39 is 19.9 Å². The maximum absolute atomic E-state index is 11.7. The van der Waals surface area contributed by atoms with Gasteiger partial charge in [0.15, 0.2) is 8.32 Å². The fourth-order valence-electron chi connectivity index (χ4n) is 2.57. The molecule has 22 heavy (non-hydrogen) atoms. The normalized spacial score (nSPS) is 25.7. The zero-order valence-electron chi connectivity index (χ0n) is 14.5. The number of esters is 1. The highest BCUT2D eigenvalue weighted by Crippen LogP contribution is 2.29. The van der Waals surface area contributed by atoms with Crippen LogP contribution in [0, 0.1) is 0 Å². The monoisotopic (exact) mass is 330 g/mol. The molecule has 5 nitrogen and oxygen atoms in total. The second kappa shape index (κ2) is 7.61. The standard InChI is InChI=1S/C16H30O5Si/c1-12(16(2,18)15(17)19-3)20-13-10-8-7-9-11-14(13)21-22(4,5)6/h13-14,18H,1,7-11H2,2-6H3/t13-,14-,16-/m0/s1. The van der Waals surface area contributed by atoms with E-state index in [9.17, 15) is 9.90 Å². The lowest BCUT2D eigenvalue weighted by atomic mass is 10.0. The number of methoxy groups -OCH3 is 1. The molecule has 0 heterocycles. The Morgan fingerprint density at radius 3 is 2.23 bits per heavy atom. The molecule has 1 rings (SSSR count). The molecule has 0 saturated heterocycles. The highest BCUT2D eigenvalue weighted by molar-refractivity contribution is 6.69. The van der Waals surface area contributed by atoms with Gasteiger partial charge in [-0.05, 0) is 45.8 Å². The average Bonchev–Trinajstić information content (AvgIpc) is 2.61. The molecule has 6 heteroatoms. The molecule has 0 aliphatic heterocycles. The van der Waals surface area contributed by atoms with Gasteiger partial charge >= 0.3 is 5.97 Å². The average molecular weight is 330 g/mol. The topological polar surface area (TPSA) is 65.0 Å². The van der Waals surface area contributed by atoms with Gasteiger partial charge in [0.05, 0.1) is 13.2 Å². The summed E-state index contributed by atoms with van der Waals surface area (Å²) in [5, 5.41) is 10.2. The summed E-state index contributed by atoms with van der Waals surface area (Å²) in [5.41, 5.74) is -1.84. The van der Waals surface area contributed by atoms with Crippen LogP contribution in [0.25, 0.3) is 0 Å². The third kappa shape index (κ3) is 5.41. The van der Waals surface area contributed by atoms with E-state index in [-0.39, 0.29) is 18.0 Å². The lowest BCUT2D eigenvalue weighted by Crippen LogP contribution is -2.44. The first-order valence-corrected chi connectivity index (χ1v) is 11.3. The van der Waals surface area contributed by atoms with E-state index in [0.29, 0.717) is 0 Å². The summed E-state index contributed by atoms with van der Waals surface area (Å²) in [6, 6.07) is 0. The number of carbonyl (C=O) groups is 1. The largest absolute Gasteiger partial charge is 0.489 e. The summed E-state index contributed by atoms with van der Waals surface area (Å²) >= 11 is 0. The summed E-state index contributed by atoms with van der Waals surface area (Å²) in [5.74, 6) is -0.746. The first-order valence-electron chi connectivity index (χ1n) is 7.92. The molecule has 1 N–H and O–H groups in total. The first kappa shape index (κ1) is 19.2. The van der Waals surface area contributed by atoms with Crippen LogP contribution in [0.5, 0.6) is 0 Å². The summed E-state index contributed by atoms with van der Waals surface area (Å²) in [4.78, 5) is 11.7. The fourth-order valence-corrected chi connectivity index (χ4v) is 3.75. The van der Waals surface area contributed by atoms with Crippen LogP contribution in [-0.4, -0.2) is 44.3 Å². The predicted octanol–water partition coefficient (Wildman–Crippen LogP) is 2.99.